The molecule has 0 saturated heterocycles. The van der Waals surface area contributed by atoms with Crippen LogP contribution in [-0.2, 0) is 19.4 Å². The fourth-order valence-electron chi connectivity index (χ4n) is 3.67. The van der Waals surface area contributed by atoms with Gasteiger partial charge in [-0.2, -0.15) is 10.1 Å². The number of rotatable bonds is 8. The molecule has 184 valence electrons. The maximum Gasteiger partial charge on any atom is 0.573 e. The van der Waals surface area contributed by atoms with E-state index in [1.165, 1.54) is 29.1 Å². The molecule has 0 atom stereocenters. The number of halogens is 3. The zero-order valence-electron chi connectivity index (χ0n) is 19.1. The summed E-state index contributed by atoms with van der Waals surface area (Å²) in [5.41, 5.74) is 4.02. The van der Waals surface area contributed by atoms with Gasteiger partial charge in [-0.3, -0.25) is 9.67 Å². The SMILES string of the molecule is Cc1cc(-c2nc(-c3ccc(OC(F)(F)F)cc3)no2)nn1Cc1ccnc(CCc2cccs2)c1. The van der Waals surface area contributed by atoms with E-state index in [4.69, 9.17) is 4.52 Å². The van der Waals surface area contributed by atoms with Gasteiger partial charge in [-0.25, -0.2) is 0 Å². The van der Waals surface area contributed by atoms with E-state index in [0.29, 0.717) is 17.8 Å². The highest BCUT2D eigenvalue weighted by Gasteiger charge is 2.31. The van der Waals surface area contributed by atoms with E-state index >= 15 is 0 Å². The fourth-order valence-corrected chi connectivity index (χ4v) is 4.38. The van der Waals surface area contributed by atoms with Gasteiger partial charge in [0.05, 0.1) is 6.54 Å². The Labute approximate surface area is 208 Å². The first kappa shape index (κ1) is 23.7. The minimum absolute atomic E-state index is 0.217. The van der Waals surface area contributed by atoms with E-state index in [1.807, 2.05) is 29.9 Å². The van der Waals surface area contributed by atoms with Gasteiger partial charge in [-0.1, -0.05) is 11.2 Å². The molecule has 11 heteroatoms. The van der Waals surface area contributed by atoms with Crippen molar-refractivity contribution in [3.05, 3.63) is 88.0 Å². The van der Waals surface area contributed by atoms with Crippen molar-refractivity contribution in [2.45, 2.75) is 32.7 Å². The van der Waals surface area contributed by atoms with Crippen molar-refractivity contribution in [3.63, 3.8) is 0 Å². The van der Waals surface area contributed by atoms with E-state index in [2.05, 4.69) is 48.5 Å². The molecule has 0 unspecified atom stereocenters. The first-order valence-corrected chi connectivity index (χ1v) is 11.9. The number of benzene rings is 1. The van der Waals surface area contributed by atoms with Crippen LogP contribution in [0.5, 0.6) is 5.75 Å². The molecule has 0 bridgehead atoms. The van der Waals surface area contributed by atoms with Gasteiger partial charge in [-0.05, 0) is 79.2 Å². The lowest BCUT2D eigenvalue weighted by Crippen LogP contribution is -2.16. The highest BCUT2D eigenvalue weighted by atomic mass is 32.1. The summed E-state index contributed by atoms with van der Waals surface area (Å²) < 4.78 is 48.2. The van der Waals surface area contributed by atoms with Crippen LogP contribution in [0.2, 0.25) is 0 Å². The van der Waals surface area contributed by atoms with Crippen LogP contribution < -0.4 is 4.74 Å². The van der Waals surface area contributed by atoms with Crippen LogP contribution in [-0.4, -0.2) is 31.3 Å². The highest BCUT2D eigenvalue weighted by Crippen LogP contribution is 2.27. The molecule has 4 heterocycles. The number of aryl methyl sites for hydroxylation is 3. The quantitative estimate of drug-likeness (QED) is 0.251. The third-order valence-electron chi connectivity index (χ3n) is 5.39. The van der Waals surface area contributed by atoms with Crippen molar-refractivity contribution in [2.75, 3.05) is 0 Å². The number of pyridine rings is 1. The molecule has 0 saturated carbocycles. The first-order chi connectivity index (χ1) is 17.3. The van der Waals surface area contributed by atoms with Crippen LogP contribution >= 0.6 is 11.3 Å². The number of thiophene rings is 1. The molecule has 5 aromatic rings. The van der Waals surface area contributed by atoms with E-state index < -0.39 is 6.36 Å². The van der Waals surface area contributed by atoms with E-state index in [9.17, 15) is 13.2 Å². The highest BCUT2D eigenvalue weighted by molar-refractivity contribution is 7.09. The second kappa shape index (κ2) is 9.94. The smallest absolute Gasteiger partial charge is 0.406 e. The molecule has 0 aliphatic carbocycles. The lowest BCUT2D eigenvalue weighted by Gasteiger charge is -2.08. The van der Waals surface area contributed by atoms with Gasteiger partial charge >= 0.3 is 6.36 Å². The van der Waals surface area contributed by atoms with Crippen molar-refractivity contribution < 1.29 is 22.4 Å². The van der Waals surface area contributed by atoms with Crippen molar-refractivity contribution in [1.82, 2.24) is 24.9 Å². The van der Waals surface area contributed by atoms with Gasteiger partial charge < -0.3 is 9.26 Å². The first-order valence-electron chi connectivity index (χ1n) is 11.0. The molecule has 1 aromatic carbocycles. The minimum atomic E-state index is -4.75. The van der Waals surface area contributed by atoms with Crippen LogP contribution in [0.15, 0.2) is 70.7 Å². The van der Waals surface area contributed by atoms with Crippen LogP contribution in [0, 0.1) is 6.92 Å². The Morgan fingerprint density at radius 1 is 1.06 bits per heavy atom. The molecule has 0 radical (unpaired) electrons. The summed E-state index contributed by atoms with van der Waals surface area (Å²) in [7, 11) is 0. The number of hydrogen-bond donors (Lipinski definition) is 0. The third kappa shape index (κ3) is 5.80. The standard InChI is InChI=1S/C25H20F3N5O2S/c1-16-13-22(24-30-23(32-35-24)18-4-7-20(8-5-18)34-25(26,27)28)31-33(16)15-17-10-11-29-19(14-17)6-9-21-3-2-12-36-21/h2-5,7-8,10-14H,6,9,15H2,1H3. The zero-order chi connectivity index (χ0) is 25.1. The Bertz CT molecular complexity index is 1440. The summed E-state index contributed by atoms with van der Waals surface area (Å²) in [6.07, 6.45) is -1.12. The molecule has 36 heavy (non-hydrogen) atoms. The molecule has 0 fully saturated rings. The lowest BCUT2D eigenvalue weighted by atomic mass is 10.1. The number of nitrogens with zero attached hydrogens (tertiary/aromatic N) is 5. The Kier molecular flexibility index (Phi) is 6.55. The van der Waals surface area contributed by atoms with Crippen molar-refractivity contribution in [1.29, 1.82) is 0 Å². The van der Waals surface area contributed by atoms with Gasteiger partial charge in [0.25, 0.3) is 5.89 Å². The molecule has 7 nitrogen and oxygen atoms in total. The van der Waals surface area contributed by atoms with Crippen molar-refractivity contribution >= 4 is 11.3 Å². The van der Waals surface area contributed by atoms with Crippen molar-refractivity contribution in [2.24, 2.45) is 0 Å². The molecule has 0 N–H and O–H groups in total. The summed E-state index contributed by atoms with van der Waals surface area (Å²) in [4.78, 5) is 10.2. The predicted molar refractivity (Wildman–Crippen MR) is 127 cm³/mol. The predicted octanol–water partition coefficient (Wildman–Crippen LogP) is 6.10. The molecule has 0 spiro atoms. The topological polar surface area (TPSA) is 78.9 Å². The van der Waals surface area contributed by atoms with Gasteiger partial charge in [0, 0.05) is 28.0 Å². The van der Waals surface area contributed by atoms with Crippen LogP contribution in [0.3, 0.4) is 0 Å². The summed E-state index contributed by atoms with van der Waals surface area (Å²) in [6, 6.07) is 15.3. The second-order valence-corrected chi connectivity index (χ2v) is 9.09. The van der Waals surface area contributed by atoms with E-state index in [0.717, 1.165) is 29.8 Å². The summed E-state index contributed by atoms with van der Waals surface area (Å²) in [6.45, 7) is 2.49. The number of ether oxygens (including phenoxy) is 1. The molecular formula is C25H20F3N5O2S. The zero-order valence-corrected chi connectivity index (χ0v) is 19.9. The summed E-state index contributed by atoms with van der Waals surface area (Å²) >= 11 is 1.75. The van der Waals surface area contributed by atoms with Gasteiger partial charge in [-0.15, -0.1) is 24.5 Å². The summed E-state index contributed by atoms with van der Waals surface area (Å²) in [5.74, 6) is 0.129. The number of aromatic nitrogens is 5. The minimum Gasteiger partial charge on any atom is -0.406 e. The Hall–Kier alpha value is -3.99. The largest absolute Gasteiger partial charge is 0.573 e. The third-order valence-corrected chi connectivity index (χ3v) is 6.33. The average molecular weight is 512 g/mol. The van der Waals surface area contributed by atoms with E-state index in [1.54, 1.807) is 11.3 Å². The molecule has 0 aliphatic heterocycles. The maximum atomic E-state index is 12.4. The molecule has 4 aromatic heterocycles. The number of hydrogen-bond acceptors (Lipinski definition) is 7. The van der Waals surface area contributed by atoms with Crippen LogP contribution in [0.4, 0.5) is 13.2 Å². The van der Waals surface area contributed by atoms with Gasteiger partial charge in [0.1, 0.15) is 5.75 Å². The van der Waals surface area contributed by atoms with E-state index in [-0.39, 0.29) is 17.5 Å². The molecular weight excluding hydrogens is 491 g/mol. The monoisotopic (exact) mass is 511 g/mol. The van der Waals surface area contributed by atoms with Crippen molar-refractivity contribution in [3.8, 4) is 28.7 Å². The molecule has 5 rings (SSSR count). The van der Waals surface area contributed by atoms with Gasteiger partial charge in [0.15, 0.2) is 5.69 Å². The number of alkyl halides is 3. The van der Waals surface area contributed by atoms with Gasteiger partial charge in [0.2, 0.25) is 5.82 Å². The van der Waals surface area contributed by atoms with Crippen LogP contribution in [0.1, 0.15) is 21.8 Å². The maximum absolute atomic E-state index is 12.4. The Morgan fingerprint density at radius 2 is 1.89 bits per heavy atom. The average Bonchev–Trinajstić information content (AvgIpc) is 3.60. The normalized spacial score (nSPS) is 11.7. The lowest BCUT2D eigenvalue weighted by molar-refractivity contribution is -0.274. The second-order valence-electron chi connectivity index (χ2n) is 8.06. The molecule has 0 amide bonds. The molecule has 0 aliphatic rings. The Morgan fingerprint density at radius 3 is 2.64 bits per heavy atom. The Balaban J connectivity index is 1.27. The van der Waals surface area contributed by atoms with Crippen LogP contribution in [0.25, 0.3) is 23.0 Å². The fraction of sp³-hybridized carbons (Fsp3) is 0.200. The summed E-state index contributed by atoms with van der Waals surface area (Å²) in [5, 5.41) is 10.6.